The molecule has 2 aromatic carbocycles. The van der Waals surface area contributed by atoms with Crippen LogP contribution in [0.5, 0.6) is 17.2 Å². The fraction of sp³-hybridized carbons (Fsp3) is 0.200. The molecule has 0 bridgehead atoms. The number of halogens is 1. The first-order valence-electron chi connectivity index (χ1n) is 6.21. The van der Waals surface area contributed by atoms with Crippen LogP contribution in [0.4, 0.5) is 5.69 Å². The Hall–Kier alpha value is -2.08. The van der Waals surface area contributed by atoms with Gasteiger partial charge in [0.15, 0.2) is 5.75 Å². The molecule has 0 saturated carbocycles. The van der Waals surface area contributed by atoms with Gasteiger partial charge < -0.3 is 9.47 Å². The summed E-state index contributed by atoms with van der Waals surface area (Å²) in [4.78, 5) is 10.5. The van der Waals surface area contributed by atoms with Gasteiger partial charge in [0, 0.05) is 5.33 Å². The number of rotatable bonds is 5. The van der Waals surface area contributed by atoms with Crippen molar-refractivity contribution in [3.8, 4) is 17.2 Å². The second kappa shape index (κ2) is 6.58. The molecule has 0 aromatic heterocycles. The van der Waals surface area contributed by atoms with E-state index in [4.69, 9.17) is 9.47 Å². The number of nitro groups is 1. The van der Waals surface area contributed by atoms with Gasteiger partial charge in [0.25, 0.3) is 0 Å². The number of nitrogens with zero attached hydrogens (tertiary/aromatic N) is 1. The number of aryl methyl sites for hydroxylation is 1. The van der Waals surface area contributed by atoms with Crippen molar-refractivity contribution in [3.05, 3.63) is 57.6 Å². The smallest absolute Gasteiger partial charge is 0.314 e. The standard InChI is InChI=1S/C15H14BrNO4/c1-10-7-12(4-3-11(10)9-16)21-13-5-6-15(20-2)14(8-13)17(18)19/h3-8H,9H2,1-2H3. The topological polar surface area (TPSA) is 61.6 Å². The Labute approximate surface area is 130 Å². The minimum absolute atomic E-state index is 0.121. The highest BCUT2D eigenvalue weighted by molar-refractivity contribution is 9.08. The molecule has 5 nitrogen and oxygen atoms in total. The van der Waals surface area contributed by atoms with E-state index in [-0.39, 0.29) is 11.4 Å². The molecule has 0 aliphatic rings. The zero-order chi connectivity index (χ0) is 15.4. The highest BCUT2D eigenvalue weighted by Crippen LogP contribution is 2.33. The van der Waals surface area contributed by atoms with E-state index < -0.39 is 4.92 Å². The van der Waals surface area contributed by atoms with E-state index in [9.17, 15) is 10.1 Å². The minimum Gasteiger partial charge on any atom is -0.490 e. The fourth-order valence-corrected chi connectivity index (χ4v) is 2.52. The SMILES string of the molecule is COc1ccc(Oc2ccc(CBr)c(C)c2)cc1[N+](=O)[O-]. The summed E-state index contributed by atoms with van der Waals surface area (Å²) >= 11 is 3.41. The maximum absolute atomic E-state index is 11.0. The molecule has 0 unspecified atom stereocenters. The van der Waals surface area contributed by atoms with Gasteiger partial charge in [-0.25, -0.2) is 0 Å². The van der Waals surface area contributed by atoms with Gasteiger partial charge >= 0.3 is 5.69 Å². The molecule has 0 N–H and O–H groups in total. The summed E-state index contributed by atoms with van der Waals surface area (Å²) in [6, 6.07) is 10.2. The van der Waals surface area contributed by atoms with E-state index >= 15 is 0 Å². The predicted octanol–water partition coefficient (Wildman–Crippen LogP) is 4.60. The average Bonchev–Trinajstić information content (AvgIpc) is 2.47. The van der Waals surface area contributed by atoms with Crippen molar-refractivity contribution >= 4 is 21.6 Å². The molecule has 0 atom stereocenters. The van der Waals surface area contributed by atoms with Gasteiger partial charge in [-0.05, 0) is 42.3 Å². The van der Waals surface area contributed by atoms with Crippen LogP contribution in [0.3, 0.4) is 0 Å². The molecule has 0 radical (unpaired) electrons. The summed E-state index contributed by atoms with van der Waals surface area (Å²) in [6.45, 7) is 1.99. The van der Waals surface area contributed by atoms with Gasteiger partial charge in [-0.3, -0.25) is 10.1 Å². The van der Waals surface area contributed by atoms with Crippen LogP contribution in [0, 0.1) is 17.0 Å². The summed E-state index contributed by atoms with van der Waals surface area (Å²) in [5.74, 6) is 1.24. The van der Waals surface area contributed by atoms with Crippen LogP contribution in [0.15, 0.2) is 36.4 Å². The van der Waals surface area contributed by atoms with Crippen molar-refractivity contribution in [2.24, 2.45) is 0 Å². The Bertz CT molecular complexity index is 673. The van der Waals surface area contributed by atoms with Crippen LogP contribution in [0.1, 0.15) is 11.1 Å². The lowest BCUT2D eigenvalue weighted by Gasteiger charge is -2.09. The molecule has 0 saturated heterocycles. The molecule has 2 rings (SSSR count). The third-order valence-corrected chi connectivity index (χ3v) is 3.64. The molecule has 0 heterocycles. The molecule has 0 fully saturated rings. The third kappa shape index (κ3) is 3.52. The van der Waals surface area contributed by atoms with E-state index in [1.54, 1.807) is 6.07 Å². The van der Waals surface area contributed by atoms with Crippen LogP contribution < -0.4 is 9.47 Å². The summed E-state index contributed by atoms with van der Waals surface area (Å²) < 4.78 is 10.6. The quantitative estimate of drug-likeness (QED) is 0.448. The Morgan fingerprint density at radius 2 is 1.86 bits per heavy atom. The second-order valence-electron chi connectivity index (χ2n) is 4.41. The van der Waals surface area contributed by atoms with Crippen molar-refractivity contribution in [3.63, 3.8) is 0 Å². The lowest BCUT2D eigenvalue weighted by Crippen LogP contribution is -1.95. The van der Waals surface area contributed by atoms with Crippen molar-refractivity contribution in [2.45, 2.75) is 12.3 Å². The van der Waals surface area contributed by atoms with Crippen LogP contribution in [0.25, 0.3) is 0 Å². The van der Waals surface area contributed by atoms with Crippen LogP contribution in [-0.2, 0) is 5.33 Å². The normalized spacial score (nSPS) is 10.2. The second-order valence-corrected chi connectivity index (χ2v) is 4.98. The van der Waals surface area contributed by atoms with Gasteiger partial charge in [0.1, 0.15) is 11.5 Å². The molecule has 2 aromatic rings. The number of hydrogen-bond acceptors (Lipinski definition) is 4. The molecule has 0 amide bonds. The number of methoxy groups -OCH3 is 1. The number of benzene rings is 2. The maximum Gasteiger partial charge on any atom is 0.314 e. The average molecular weight is 352 g/mol. The van der Waals surface area contributed by atoms with Gasteiger partial charge in [-0.1, -0.05) is 22.0 Å². The number of alkyl halides is 1. The largest absolute Gasteiger partial charge is 0.490 e. The van der Waals surface area contributed by atoms with Crippen molar-refractivity contribution in [1.29, 1.82) is 0 Å². The van der Waals surface area contributed by atoms with Gasteiger partial charge in [0.05, 0.1) is 18.1 Å². The van der Waals surface area contributed by atoms with Gasteiger partial charge in [0.2, 0.25) is 0 Å². The first-order chi connectivity index (χ1) is 10.0. The zero-order valence-corrected chi connectivity index (χ0v) is 13.2. The van der Waals surface area contributed by atoms with Crippen molar-refractivity contribution in [2.75, 3.05) is 7.11 Å². The first-order valence-corrected chi connectivity index (χ1v) is 7.33. The molecule has 0 aliphatic heterocycles. The van der Waals surface area contributed by atoms with E-state index in [1.165, 1.54) is 24.8 Å². The zero-order valence-electron chi connectivity index (χ0n) is 11.6. The summed E-state index contributed by atoms with van der Waals surface area (Å²) in [6.07, 6.45) is 0. The van der Waals surface area contributed by atoms with Crippen molar-refractivity contribution < 1.29 is 14.4 Å². The Morgan fingerprint density at radius 3 is 2.43 bits per heavy atom. The van der Waals surface area contributed by atoms with E-state index in [1.807, 2.05) is 25.1 Å². The van der Waals surface area contributed by atoms with E-state index in [0.717, 1.165) is 10.9 Å². The fourth-order valence-electron chi connectivity index (χ4n) is 1.89. The van der Waals surface area contributed by atoms with Crippen molar-refractivity contribution in [1.82, 2.24) is 0 Å². The van der Waals surface area contributed by atoms with Crippen LogP contribution in [0.2, 0.25) is 0 Å². The molecule has 0 aliphatic carbocycles. The molecular weight excluding hydrogens is 338 g/mol. The third-order valence-electron chi connectivity index (χ3n) is 3.04. The number of ether oxygens (including phenoxy) is 2. The highest BCUT2D eigenvalue weighted by atomic mass is 79.9. The molecular formula is C15H14BrNO4. The number of nitro benzene ring substituents is 1. The Balaban J connectivity index is 2.29. The Morgan fingerprint density at radius 1 is 1.19 bits per heavy atom. The predicted molar refractivity (Wildman–Crippen MR) is 83.5 cm³/mol. The van der Waals surface area contributed by atoms with Gasteiger partial charge in [-0.2, -0.15) is 0 Å². The lowest BCUT2D eigenvalue weighted by atomic mass is 10.1. The number of hydrogen-bond donors (Lipinski definition) is 0. The minimum atomic E-state index is -0.495. The summed E-state index contributed by atoms with van der Waals surface area (Å²) in [5, 5.41) is 11.8. The first kappa shape index (κ1) is 15.3. The van der Waals surface area contributed by atoms with E-state index in [2.05, 4.69) is 15.9 Å². The van der Waals surface area contributed by atoms with Crippen LogP contribution in [-0.4, -0.2) is 12.0 Å². The molecule has 21 heavy (non-hydrogen) atoms. The molecule has 110 valence electrons. The van der Waals surface area contributed by atoms with Crippen LogP contribution >= 0.6 is 15.9 Å². The van der Waals surface area contributed by atoms with E-state index in [0.29, 0.717) is 11.5 Å². The molecule has 6 heteroatoms. The maximum atomic E-state index is 11.0. The van der Waals surface area contributed by atoms with Gasteiger partial charge in [-0.15, -0.1) is 0 Å². The Kier molecular flexibility index (Phi) is 4.80. The lowest BCUT2D eigenvalue weighted by molar-refractivity contribution is -0.385. The molecule has 0 spiro atoms. The summed E-state index contributed by atoms with van der Waals surface area (Å²) in [5.41, 5.74) is 2.14. The summed E-state index contributed by atoms with van der Waals surface area (Å²) in [7, 11) is 1.39. The highest BCUT2D eigenvalue weighted by Gasteiger charge is 2.16. The monoisotopic (exact) mass is 351 g/mol.